The Kier molecular flexibility index (Phi) is 2.45. The lowest BCUT2D eigenvalue weighted by atomic mass is 9.84. The van der Waals surface area contributed by atoms with Crippen LogP contribution in [-0.2, 0) is 4.79 Å². The molecule has 1 fully saturated rings. The smallest absolute Gasteiger partial charge is 0.225 e. The molecule has 0 N–H and O–H groups in total. The highest BCUT2D eigenvalue weighted by Gasteiger charge is 2.31. The van der Waals surface area contributed by atoms with Crippen LogP contribution in [0.4, 0.5) is 0 Å². The first-order chi connectivity index (χ1) is 5.40. The van der Waals surface area contributed by atoms with E-state index in [4.69, 9.17) is 0 Å². The molecule has 0 spiro atoms. The van der Waals surface area contributed by atoms with Crippen molar-refractivity contribution in [3.63, 3.8) is 0 Å². The molecule has 0 radical (unpaired) electrons. The number of hydrogen-bond donors (Lipinski definition) is 0. The van der Waals surface area contributed by atoms with Crippen molar-refractivity contribution in [2.45, 2.75) is 33.6 Å². The first-order valence-corrected chi connectivity index (χ1v) is 4.65. The summed E-state index contributed by atoms with van der Waals surface area (Å²) in [5.41, 5.74) is 0.283. The molecule has 2 nitrogen and oxygen atoms in total. The topological polar surface area (TPSA) is 20.3 Å². The molecule has 2 heteroatoms. The van der Waals surface area contributed by atoms with Gasteiger partial charge in [0, 0.05) is 19.5 Å². The summed E-state index contributed by atoms with van der Waals surface area (Å²) in [6.07, 6.45) is 2.07. The SMILES string of the molecule is CN1CC[C@H](CC(C)(C)C)C1=O. The van der Waals surface area contributed by atoms with Crippen LogP contribution in [0.3, 0.4) is 0 Å². The third kappa shape index (κ3) is 2.23. The summed E-state index contributed by atoms with van der Waals surface area (Å²) in [5.74, 6) is 0.625. The molecule has 1 atom stereocenters. The highest BCUT2D eigenvalue weighted by atomic mass is 16.2. The van der Waals surface area contributed by atoms with E-state index in [-0.39, 0.29) is 11.3 Å². The number of likely N-dealkylation sites (tertiary alicyclic amines) is 1. The second-order valence-corrected chi connectivity index (χ2v) is 5.01. The van der Waals surface area contributed by atoms with Crippen LogP contribution < -0.4 is 0 Å². The van der Waals surface area contributed by atoms with Gasteiger partial charge < -0.3 is 4.90 Å². The van der Waals surface area contributed by atoms with Crippen molar-refractivity contribution in [3.05, 3.63) is 0 Å². The van der Waals surface area contributed by atoms with Gasteiger partial charge in [-0.3, -0.25) is 4.79 Å². The van der Waals surface area contributed by atoms with E-state index < -0.39 is 0 Å². The molecule has 0 aromatic heterocycles. The molecule has 1 amide bonds. The molecule has 70 valence electrons. The van der Waals surface area contributed by atoms with Gasteiger partial charge in [0.15, 0.2) is 0 Å². The Bertz CT molecular complexity index is 181. The number of carbonyl (C=O) groups excluding carboxylic acids is 1. The third-order valence-electron chi connectivity index (χ3n) is 2.40. The van der Waals surface area contributed by atoms with E-state index in [0.717, 1.165) is 19.4 Å². The molecule has 1 aliphatic heterocycles. The maximum absolute atomic E-state index is 11.5. The highest BCUT2D eigenvalue weighted by Crippen LogP contribution is 2.30. The van der Waals surface area contributed by atoms with Crippen LogP contribution in [0.15, 0.2) is 0 Å². The first kappa shape index (κ1) is 9.56. The fraction of sp³-hybridized carbons (Fsp3) is 0.900. The van der Waals surface area contributed by atoms with Gasteiger partial charge in [0.05, 0.1) is 0 Å². The Morgan fingerprint density at radius 1 is 1.50 bits per heavy atom. The Balaban J connectivity index is 2.50. The normalized spacial score (nSPS) is 25.2. The number of nitrogens with zero attached hydrogens (tertiary/aromatic N) is 1. The van der Waals surface area contributed by atoms with E-state index in [1.165, 1.54) is 0 Å². The fourth-order valence-electron chi connectivity index (χ4n) is 1.82. The van der Waals surface area contributed by atoms with Crippen LogP contribution in [0, 0.1) is 11.3 Å². The zero-order chi connectivity index (χ0) is 9.35. The molecule has 0 aromatic rings. The molecular weight excluding hydrogens is 150 g/mol. The maximum atomic E-state index is 11.5. The van der Waals surface area contributed by atoms with Crippen molar-refractivity contribution < 1.29 is 4.79 Å². The zero-order valence-electron chi connectivity index (χ0n) is 8.55. The van der Waals surface area contributed by atoms with Crippen molar-refractivity contribution >= 4 is 5.91 Å². The van der Waals surface area contributed by atoms with Crippen LogP contribution in [0.2, 0.25) is 0 Å². The van der Waals surface area contributed by atoms with Crippen LogP contribution in [0.1, 0.15) is 33.6 Å². The molecular formula is C10H19NO. The number of rotatable bonds is 1. The average Bonchev–Trinajstić information content (AvgIpc) is 2.16. The van der Waals surface area contributed by atoms with Gasteiger partial charge in [0.2, 0.25) is 5.91 Å². The van der Waals surface area contributed by atoms with Crippen LogP contribution in [0.5, 0.6) is 0 Å². The highest BCUT2D eigenvalue weighted by molar-refractivity contribution is 5.80. The largest absolute Gasteiger partial charge is 0.345 e. The molecule has 1 heterocycles. The predicted octanol–water partition coefficient (Wildman–Crippen LogP) is 1.90. The van der Waals surface area contributed by atoms with Gasteiger partial charge in [0.25, 0.3) is 0 Å². The number of amides is 1. The minimum atomic E-state index is 0.283. The van der Waals surface area contributed by atoms with Crippen molar-refractivity contribution in [1.29, 1.82) is 0 Å². The van der Waals surface area contributed by atoms with Crippen molar-refractivity contribution in [2.75, 3.05) is 13.6 Å². The van der Waals surface area contributed by atoms with E-state index in [2.05, 4.69) is 20.8 Å². The Labute approximate surface area is 74.9 Å². The van der Waals surface area contributed by atoms with Crippen LogP contribution in [0.25, 0.3) is 0 Å². The Morgan fingerprint density at radius 3 is 2.42 bits per heavy atom. The molecule has 0 unspecified atom stereocenters. The van der Waals surface area contributed by atoms with E-state index in [0.29, 0.717) is 5.91 Å². The van der Waals surface area contributed by atoms with Crippen LogP contribution in [-0.4, -0.2) is 24.4 Å². The van der Waals surface area contributed by atoms with Gasteiger partial charge in [-0.15, -0.1) is 0 Å². The summed E-state index contributed by atoms with van der Waals surface area (Å²) in [6.45, 7) is 7.52. The third-order valence-corrected chi connectivity index (χ3v) is 2.40. The molecule has 1 aliphatic rings. The molecule has 12 heavy (non-hydrogen) atoms. The lowest BCUT2D eigenvalue weighted by molar-refractivity contribution is -0.130. The molecule has 1 saturated heterocycles. The van der Waals surface area contributed by atoms with E-state index >= 15 is 0 Å². The lowest BCUT2D eigenvalue weighted by Crippen LogP contribution is -2.25. The van der Waals surface area contributed by atoms with E-state index in [1.54, 1.807) is 0 Å². The molecule has 1 rings (SSSR count). The summed E-state index contributed by atoms with van der Waals surface area (Å²) in [6, 6.07) is 0. The van der Waals surface area contributed by atoms with Crippen molar-refractivity contribution in [3.8, 4) is 0 Å². The molecule has 0 bridgehead atoms. The van der Waals surface area contributed by atoms with Gasteiger partial charge in [0.1, 0.15) is 0 Å². The first-order valence-electron chi connectivity index (χ1n) is 4.65. The van der Waals surface area contributed by atoms with Gasteiger partial charge >= 0.3 is 0 Å². The second-order valence-electron chi connectivity index (χ2n) is 5.01. The van der Waals surface area contributed by atoms with Gasteiger partial charge in [-0.05, 0) is 18.3 Å². The van der Waals surface area contributed by atoms with Crippen molar-refractivity contribution in [2.24, 2.45) is 11.3 Å². The Hall–Kier alpha value is -0.530. The summed E-state index contributed by atoms with van der Waals surface area (Å²) < 4.78 is 0. The Morgan fingerprint density at radius 2 is 2.08 bits per heavy atom. The van der Waals surface area contributed by atoms with E-state index in [9.17, 15) is 4.79 Å². The molecule has 0 aromatic carbocycles. The zero-order valence-corrected chi connectivity index (χ0v) is 8.55. The minimum absolute atomic E-state index is 0.283. The average molecular weight is 169 g/mol. The summed E-state index contributed by atoms with van der Waals surface area (Å²) in [7, 11) is 1.89. The fourth-order valence-corrected chi connectivity index (χ4v) is 1.82. The number of hydrogen-bond acceptors (Lipinski definition) is 1. The van der Waals surface area contributed by atoms with Crippen LogP contribution >= 0.6 is 0 Å². The maximum Gasteiger partial charge on any atom is 0.225 e. The molecule has 0 saturated carbocycles. The van der Waals surface area contributed by atoms with Gasteiger partial charge in [-0.2, -0.15) is 0 Å². The number of carbonyl (C=O) groups is 1. The quantitative estimate of drug-likeness (QED) is 0.587. The van der Waals surface area contributed by atoms with Gasteiger partial charge in [-0.1, -0.05) is 20.8 Å². The summed E-state index contributed by atoms with van der Waals surface area (Å²) >= 11 is 0. The van der Waals surface area contributed by atoms with Crippen molar-refractivity contribution in [1.82, 2.24) is 4.90 Å². The summed E-state index contributed by atoms with van der Waals surface area (Å²) in [4.78, 5) is 13.4. The molecule has 0 aliphatic carbocycles. The predicted molar refractivity (Wildman–Crippen MR) is 49.8 cm³/mol. The van der Waals surface area contributed by atoms with Gasteiger partial charge in [-0.25, -0.2) is 0 Å². The summed E-state index contributed by atoms with van der Waals surface area (Å²) in [5, 5.41) is 0. The lowest BCUT2D eigenvalue weighted by Gasteiger charge is -2.21. The monoisotopic (exact) mass is 169 g/mol. The van der Waals surface area contributed by atoms with E-state index in [1.807, 2.05) is 11.9 Å². The standard InChI is InChI=1S/C10H19NO/c1-10(2,3)7-8-5-6-11(4)9(8)12/h8H,5-7H2,1-4H3/t8-/m1/s1. The second kappa shape index (κ2) is 3.08. The minimum Gasteiger partial charge on any atom is -0.345 e.